The fraction of sp³-hybridized carbons (Fsp3) is 0.583. The van der Waals surface area contributed by atoms with E-state index in [1.807, 2.05) is 22.4 Å². The molecule has 0 saturated carbocycles. The Hall–Kier alpha value is -0.800. The molecule has 0 unspecified atom stereocenters. The van der Waals surface area contributed by atoms with Crippen LogP contribution < -0.4 is 0 Å². The lowest BCUT2D eigenvalue weighted by molar-refractivity contribution is 0.0904. The second-order valence-corrected chi connectivity index (χ2v) is 7.96. The molecule has 6 nitrogen and oxygen atoms in total. The molecule has 0 radical (unpaired) electrons. The largest absolute Gasteiger partial charge is 0.293 e. The first kappa shape index (κ1) is 15.6. The van der Waals surface area contributed by atoms with Crippen molar-refractivity contribution < 1.29 is 13.2 Å². The number of hydrogen-bond donors (Lipinski definition) is 0. The summed E-state index contributed by atoms with van der Waals surface area (Å²) in [6, 6.07) is 3.68. The first-order valence-corrected chi connectivity index (χ1v) is 8.65. The molecule has 1 aliphatic rings. The maximum atomic E-state index is 12.0. The van der Waals surface area contributed by atoms with Crippen LogP contribution in [0.1, 0.15) is 9.67 Å². The summed E-state index contributed by atoms with van der Waals surface area (Å²) in [5.41, 5.74) is 0. The Labute approximate surface area is 123 Å². The molecule has 1 saturated heterocycles. The Morgan fingerprint density at radius 3 is 2.45 bits per heavy atom. The lowest BCUT2D eigenvalue weighted by Crippen LogP contribution is -2.52. The highest BCUT2D eigenvalue weighted by Crippen LogP contribution is 2.13. The summed E-state index contributed by atoms with van der Waals surface area (Å²) >= 11 is 1.44. The summed E-state index contributed by atoms with van der Waals surface area (Å²) < 4.78 is 26.6. The minimum atomic E-state index is -3.34. The molecule has 0 N–H and O–H groups in total. The summed E-state index contributed by atoms with van der Waals surface area (Å²) in [6.07, 6.45) is 0. The molecule has 2 heterocycles. The van der Waals surface area contributed by atoms with Gasteiger partial charge in [-0.15, -0.1) is 11.3 Å². The molecular weight excluding hydrogens is 298 g/mol. The van der Waals surface area contributed by atoms with Gasteiger partial charge in [0.2, 0.25) is 0 Å². The number of piperazine rings is 1. The van der Waals surface area contributed by atoms with Crippen LogP contribution in [0, 0.1) is 0 Å². The molecule has 20 heavy (non-hydrogen) atoms. The fourth-order valence-corrected chi connectivity index (χ4v) is 3.81. The van der Waals surface area contributed by atoms with E-state index >= 15 is 0 Å². The van der Waals surface area contributed by atoms with E-state index < -0.39 is 10.2 Å². The van der Waals surface area contributed by atoms with Crippen LogP contribution in [-0.2, 0) is 10.2 Å². The SMILES string of the molecule is CN(C)S(=O)(=O)N1CCN(CC(=O)c2cccs2)CC1. The van der Waals surface area contributed by atoms with Crippen LogP contribution in [0.25, 0.3) is 0 Å². The molecule has 0 aromatic carbocycles. The summed E-state index contributed by atoms with van der Waals surface area (Å²) in [4.78, 5) is 14.8. The zero-order valence-corrected chi connectivity index (χ0v) is 13.3. The average Bonchev–Trinajstić information content (AvgIpc) is 2.93. The number of thiophene rings is 1. The van der Waals surface area contributed by atoms with Gasteiger partial charge in [-0.05, 0) is 11.4 Å². The number of ketones is 1. The predicted molar refractivity (Wildman–Crippen MR) is 79.3 cm³/mol. The number of carbonyl (C=O) groups is 1. The summed E-state index contributed by atoms with van der Waals surface area (Å²) in [7, 11) is -0.278. The highest BCUT2D eigenvalue weighted by molar-refractivity contribution is 7.86. The van der Waals surface area contributed by atoms with Crippen molar-refractivity contribution in [3.63, 3.8) is 0 Å². The summed E-state index contributed by atoms with van der Waals surface area (Å²) in [5.74, 6) is 0.101. The molecule has 8 heteroatoms. The van der Waals surface area contributed by atoms with Crippen LogP contribution in [0.3, 0.4) is 0 Å². The van der Waals surface area contributed by atoms with Crippen molar-refractivity contribution >= 4 is 27.3 Å². The van der Waals surface area contributed by atoms with Gasteiger partial charge in [-0.1, -0.05) is 6.07 Å². The van der Waals surface area contributed by atoms with E-state index in [1.54, 1.807) is 0 Å². The molecule has 0 aliphatic carbocycles. The van der Waals surface area contributed by atoms with Gasteiger partial charge in [0, 0.05) is 40.3 Å². The molecule has 1 aromatic heterocycles. The van der Waals surface area contributed by atoms with Gasteiger partial charge in [0.05, 0.1) is 11.4 Å². The van der Waals surface area contributed by atoms with Crippen molar-refractivity contribution in [2.45, 2.75) is 0 Å². The molecule has 1 fully saturated rings. The first-order valence-electron chi connectivity index (χ1n) is 6.38. The maximum Gasteiger partial charge on any atom is 0.281 e. The van der Waals surface area contributed by atoms with Crippen LogP contribution >= 0.6 is 11.3 Å². The van der Waals surface area contributed by atoms with Crippen LogP contribution in [0.15, 0.2) is 17.5 Å². The monoisotopic (exact) mass is 317 g/mol. The second-order valence-electron chi connectivity index (χ2n) is 4.87. The zero-order valence-electron chi connectivity index (χ0n) is 11.7. The van der Waals surface area contributed by atoms with E-state index in [0.717, 1.165) is 4.88 Å². The number of nitrogens with zero attached hydrogens (tertiary/aromatic N) is 3. The van der Waals surface area contributed by atoms with Crippen molar-refractivity contribution in [2.24, 2.45) is 0 Å². The second kappa shape index (κ2) is 6.31. The van der Waals surface area contributed by atoms with E-state index in [9.17, 15) is 13.2 Å². The Kier molecular flexibility index (Phi) is 4.92. The third kappa shape index (κ3) is 3.44. The minimum absolute atomic E-state index is 0.101. The molecule has 112 valence electrons. The van der Waals surface area contributed by atoms with Crippen LogP contribution in [0.2, 0.25) is 0 Å². The van der Waals surface area contributed by atoms with Gasteiger partial charge in [0.25, 0.3) is 10.2 Å². The van der Waals surface area contributed by atoms with Crippen molar-refractivity contribution in [3.8, 4) is 0 Å². The Morgan fingerprint density at radius 1 is 1.30 bits per heavy atom. The first-order chi connectivity index (χ1) is 9.41. The number of Topliss-reactive ketones (excluding diaryl/α,β-unsaturated/α-hetero) is 1. The smallest absolute Gasteiger partial charge is 0.281 e. The highest BCUT2D eigenvalue weighted by atomic mass is 32.2. The highest BCUT2D eigenvalue weighted by Gasteiger charge is 2.29. The molecular formula is C12H19N3O3S2. The molecule has 1 aromatic rings. The standard InChI is InChI=1S/C12H19N3O3S2/c1-13(2)20(17,18)15-7-5-14(6-8-15)10-11(16)12-4-3-9-19-12/h3-4,9H,5-8,10H2,1-2H3. The minimum Gasteiger partial charge on any atom is -0.293 e. The molecule has 0 bridgehead atoms. The van der Waals surface area contributed by atoms with Crippen molar-refractivity contribution in [1.82, 2.24) is 13.5 Å². The number of rotatable bonds is 5. The molecule has 0 amide bonds. The Morgan fingerprint density at radius 2 is 1.95 bits per heavy atom. The summed E-state index contributed by atoms with van der Waals surface area (Å²) in [6.45, 7) is 2.39. The molecule has 0 atom stereocenters. The Balaban J connectivity index is 1.88. The van der Waals surface area contributed by atoms with Gasteiger partial charge in [-0.2, -0.15) is 17.0 Å². The van der Waals surface area contributed by atoms with Gasteiger partial charge >= 0.3 is 0 Å². The van der Waals surface area contributed by atoms with Gasteiger partial charge < -0.3 is 0 Å². The maximum absolute atomic E-state index is 12.0. The van der Waals surface area contributed by atoms with Crippen molar-refractivity contribution in [3.05, 3.63) is 22.4 Å². The quantitative estimate of drug-likeness (QED) is 0.736. The topological polar surface area (TPSA) is 60.9 Å². The van der Waals surface area contributed by atoms with Crippen molar-refractivity contribution in [1.29, 1.82) is 0 Å². The van der Waals surface area contributed by atoms with Gasteiger partial charge in [0.15, 0.2) is 5.78 Å². The van der Waals surface area contributed by atoms with E-state index in [-0.39, 0.29) is 5.78 Å². The third-order valence-electron chi connectivity index (χ3n) is 3.28. The van der Waals surface area contributed by atoms with E-state index in [0.29, 0.717) is 32.7 Å². The van der Waals surface area contributed by atoms with Crippen LogP contribution in [-0.4, -0.2) is 74.5 Å². The predicted octanol–water partition coefficient (Wildman–Crippen LogP) is 0.355. The molecule has 0 spiro atoms. The zero-order chi connectivity index (χ0) is 14.8. The molecule has 2 rings (SSSR count). The van der Waals surface area contributed by atoms with Crippen molar-refractivity contribution in [2.75, 3.05) is 46.8 Å². The van der Waals surface area contributed by atoms with E-state index in [2.05, 4.69) is 0 Å². The number of carbonyl (C=O) groups excluding carboxylic acids is 1. The normalized spacial score (nSPS) is 18.6. The van der Waals surface area contributed by atoms with Gasteiger partial charge in [-0.3, -0.25) is 9.69 Å². The van der Waals surface area contributed by atoms with Gasteiger partial charge in [-0.25, -0.2) is 0 Å². The third-order valence-corrected chi connectivity index (χ3v) is 6.13. The summed E-state index contributed by atoms with van der Waals surface area (Å²) in [5, 5.41) is 1.88. The lowest BCUT2D eigenvalue weighted by atomic mass is 10.2. The van der Waals surface area contributed by atoms with Crippen LogP contribution in [0.4, 0.5) is 0 Å². The van der Waals surface area contributed by atoms with Crippen LogP contribution in [0.5, 0.6) is 0 Å². The molecule has 1 aliphatic heterocycles. The van der Waals surface area contributed by atoms with E-state index in [4.69, 9.17) is 0 Å². The lowest BCUT2D eigenvalue weighted by Gasteiger charge is -2.34. The fourth-order valence-electron chi connectivity index (χ4n) is 2.07. The van der Waals surface area contributed by atoms with E-state index in [1.165, 1.54) is 34.0 Å². The average molecular weight is 317 g/mol. The van der Waals surface area contributed by atoms with Gasteiger partial charge in [0.1, 0.15) is 0 Å². The Bertz CT molecular complexity index is 547. The number of hydrogen-bond acceptors (Lipinski definition) is 5.